The summed E-state index contributed by atoms with van der Waals surface area (Å²) >= 11 is 0. The van der Waals surface area contributed by atoms with Crippen molar-refractivity contribution >= 4 is 17.9 Å². The van der Waals surface area contributed by atoms with E-state index in [9.17, 15) is 14.4 Å². The molecule has 0 fully saturated rings. The zero-order valence-corrected chi connectivity index (χ0v) is 35.3. The number of carbonyl (C=O) groups is 3. The van der Waals surface area contributed by atoms with Crippen molar-refractivity contribution in [2.24, 2.45) is 5.92 Å². The van der Waals surface area contributed by atoms with Crippen LogP contribution in [0, 0.1) is 5.92 Å². The summed E-state index contributed by atoms with van der Waals surface area (Å²) in [4.78, 5) is 37.7. The third-order valence-corrected chi connectivity index (χ3v) is 10.3. The summed E-state index contributed by atoms with van der Waals surface area (Å²) in [7, 11) is 0. The van der Waals surface area contributed by atoms with Crippen LogP contribution in [0.15, 0.2) is 0 Å². The van der Waals surface area contributed by atoms with Crippen LogP contribution in [-0.2, 0) is 28.6 Å². The fourth-order valence-corrected chi connectivity index (χ4v) is 6.80. The second-order valence-electron chi connectivity index (χ2n) is 16.2. The average Bonchev–Trinajstić information content (AvgIpc) is 3.12. The van der Waals surface area contributed by atoms with Crippen molar-refractivity contribution in [1.82, 2.24) is 0 Å². The van der Waals surface area contributed by atoms with Gasteiger partial charge in [0.05, 0.1) is 0 Å². The normalized spacial score (nSPS) is 11.9. The Hall–Kier alpha value is -1.59. The SMILES string of the molecule is CCCCCCCCCCCCCCCC(=O)OC[C@H](COC(=O)CCCCCCCCCC(C)C)OC(=O)CCCCCCCCCCCCC. The van der Waals surface area contributed by atoms with Crippen LogP contribution in [0.1, 0.15) is 252 Å². The maximum absolute atomic E-state index is 12.7. The van der Waals surface area contributed by atoms with Crippen molar-refractivity contribution in [1.29, 1.82) is 0 Å². The molecule has 0 N–H and O–H groups in total. The summed E-state index contributed by atoms with van der Waals surface area (Å²) in [5, 5.41) is 0. The molecule has 0 aromatic heterocycles. The molecule has 0 aliphatic carbocycles. The molecule has 6 nitrogen and oxygen atoms in total. The molecular weight excluding hydrogens is 648 g/mol. The van der Waals surface area contributed by atoms with Gasteiger partial charge in [-0.05, 0) is 25.2 Å². The van der Waals surface area contributed by atoms with Crippen LogP contribution in [0.25, 0.3) is 0 Å². The Morgan fingerprint density at radius 2 is 0.635 bits per heavy atom. The van der Waals surface area contributed by atoms with Gasteiger partial charge in [0.2, 0.25) is 0 Å². The summed E-state index contributed by atoms with van der Waals surface area (Å²) in [6.45, 7) is 8.94. The third kappa shape index (κ3) is 39.6. The van der Waals surface area contributed by atoms with Gasteiger partial charge < -0.3 is 14.2 Å². The molecule has 0 aromatic rings. The Kier molecular flexibility index (Phi) is 39.4. The Morgan fingerprint density at radius 1 is 0.365 bits per heavy atom. The second kappa shape index (κ2) is 40.6. The largest absolute Gasteiger partial charge is 0.462 e. The highest BCUT2D eigenvalue weighted by Crippen LogP contribution is 2.16. The molecule has 0 aromatic carbocycles. The van der Waals surface area contributed by atoms with Crippen LogP contribution < -0.4 is 0 Å². The highest BCUT2D eigenvalue weighted by atomic mass is 16.6. The molecule has 308 valence electrons. The van der Waals surface area contributed by atoms with Crippen molar-refractivity contribution in [3.05, 3.63) is 0 Å². The first-order valence-corrected chi connectivity index (χ1v) is 22.9. The first-order valence-electron chi connectivity index (χ1n) is 22.9. The Balaban J connectivity index is 4.32. The number of esters is 3. The van der Waals surface area contributed by atoms with Crippen LogP contribution in [-0.4, -0.2) is 37.2 Å². The van der Waals surface area contributed by atoms with Gasteiger partial charge in [-0.2, -0.15) is 0 Å². The van der Waals surface area contributed by atoms with Gasteiger partial charge >= 0.3 is 17.9 Å². The Labute approximate surface area is 323 Å². The lowest BCUT2D eigenvalue weighted by atomic mass is 10.0. The zero-order valence-electron chi connectivity index (χ0n) is 35.3. The van der Waals surface area contributed by atoms with Crippen molar-refractivity contribution in [2.75, 3.05) is 13.2 Å². The lowest BCUT2D eigenvalue weighted by molar-refractivity contribution is -0.167. The van der Waals surface area contributed by atoms with Crippen LogP contribution in [0.5, 0.6) is 0 Å². The van der Waals surface area contributed by atoms with Gasteiger partial charge in [0.25, 0.3) is 0 Å². The quantitative estimate of drug-likeness (QED) is 0.0353. The molecule has 52 heavy (non-hydrogen) atoms. The Bertz CT molecular complexity index is 781. The fraction of sp³-hybridized carbons (Fsp3) is 0.935. The molecule has 1 atom stereocenters. The zero-order chi connectivity index (χ0) is 38.2. The fourth-order valence-electron chi connectivity index (χ4n) is 6.80. The molecule has 0 rings (SSSR count). The van der Waals surface area contributed by atoms with Crippen LogP contribution >= 0.6 is 0 Å². The van der Waals surface area contributed by atoms with E-state index in [-0.39, 0.29) is 31.1 Å². The maximum Gasteiger partial charge on any atom is 0.306 e. The average molecular weight is 737 g/mol. The lowest BCUT2D eigenvalue weighted by Gasteiger charge is -2.18. The van der Waals surface area contributed by atoms with E-state index in [0.29, 0.717) is 19.3 Å². The molecule has 0 saturated heterocycles. The van der Waals surface area contributed by atoms with E-state index in [2.05, 4.69) is 27.7 Å². The summed E-state index contributed by atoms with van der Waals surface area (Å²) in [5.74, 6) is -0.0750. The van der Waals surface area contributed by atoms with E-state index >= 15 is 0 Å². The standard InChI is InChI=1S/C46H88O6/c1-5-7-9-11-13-15-17-18-20-21-25-29-33-37-44(47)50-40-43(41-51-45(48)38-34-30-27-23-24-28-32-36-42(3)4)52-46(49)39-35-31-26-22-19-16-14-12-10-8-6-2/h42-43H,5-41H2,1-4H3/t43-/m1/s1. The van der Waals surface area contributed by atoms with Crippen LogP contribution in [0.4, 0.5) is 0 Å². The number of hydrogen-bond acceptors (Lipinski definition) is 6. The molecule has 0 spiro atoms. The number of unbranched alkanes of at least 4 members (excludes halogenated alkanes) is 28. The first-order chi connectivity index (χ1) is 25.4. The smallest absolute Gasteiger partial charge is 0.306 e. The molecule has 0 saturated carbocycles. The summed E-state index contributed by atoms with van der Waals surface area (Å²) in [6, 6.07) is 0. The van der Waals surface area contributed by atoms with Crippen molar-refractivity contribution in [3.8, 4) is 0 Å². The van der Waals surface area contributed by atoms with E-state index < -0.39 is 6.10 Å². The van der Waals surface area contributed by atoms with Gasteiger partial charge in [-0.1, -0.05) is 214 Å². The van der Waals surface area contributed by atoms with Gasteiger partial charge in [0, 0.05) is 19.3 Å². The van der Waals surface area contributed by atoms with Gasteiger partial charge in [-0.3, -0.25) is 14.4 Å². The van der Waals surface area contributed by atoms with Crippen molar-refractivity contribution < 1.29 is 28.6 Å². The molecule has 0 amide bonds. The number of carbonyl (C=O) groups excluding carboxylic acids is 3. The Morgan fingerprint density at radius 3 is 0.942 bits per heavy atom. The summed E-state index contributed by atoms with van der Waals surface area (Å²) < 4.78 is 16.7. The molecule has 0 unspecified atom stereocenters. The molecule has 6 heteroatoms. The summed E-state index contributed by atoms with van der Waals surface area (Å²) in [5.41, 5.74) is 0. The first kappa shape index (κ1) is 50.4. The maximum atomic E-state index is 12.7. The van der Waals surface area contributed by atoms with Gasteiger partial charge in [-0.15, -0.1) is 0 Å². The van der Waals surface area contributed by atoms with E-state index in [1.54, 1.807) is 0 Å². The minimum atomic E-state index is -0.759. The van der Waals surface area contributed by atoms with E-state index in [4.69, 9.17) is 14.2 Å². The third-order valence-electron chi connectivity index (χ3n) is 10.3. The molecular formula is C46H88O6. The van der Waals surface area contributed by atoms with E-state index in [1.165, 1.54) is 148 Å². The van der Waals surface area contributed by atoms with Crippen LogP contribution in [0.2, 0.25) is 0 Å². The molecule has 0 radical (unpaired) electrons. The van der Waals surface area contributed by atoms with Crippen LogP contribution in [0.3, 0.4) is 0 Å². The molecule has 0 aliphatic rings. The van der Waals surface area contributed by atoms with Crippen molar-refractivity contribution in [2.45, 2.75) is 259 Å². The number of ether oxygens (including phenoxy) is 3. The molecule has 0 bridgehead atoms. The second-order valence-corrected chi connectivity index (χ2v) is 16.2. The highest BCUT2D eigenvalue weighted by molar-refractivity contribution is 5.71. The molecule has 0 aliphatic heterocycles. The topological polar surface area (TPSA) is 78.9 Å². The summed E-state index contributed by atoms with van der Waals surface area (Å²) in [6.07, 6.45) is 39.4. The van der Waals surface area contributed by atoms with Gasteiger partial charge in [0.1, 0.15) is 13.2 Å². The number of hydrogen-bond donors (Lipinski definition) is 0. The minimum absolute atomic E-state index is 0.0641. The predicted octanol–water partition coefficient (Wildman–Crippen LogP) is 14.3. The van der Waals surface area contributed by atoms with Gasteiger partial charge in [-0.25, -0.2) is 0 Å². The van der Waals surface area contributed by atoms with Gasteiger partial charge in [0.15, 0.2) is 6.10 Å². The minimum Gasteiger partial charge on any atom is -0.462 e. The lowest BCUT2D eigenvalue weighted by Crippen LogP contribution is -2.30. The molecule has 0 heterocycles. The van der Waals surface area contributed by atoms with E-state index in [1.807, 2.05) is 0 Å². The highest BCUT2D eigenvalue weighted by Gasteiger charge is 2.19. The monoisotopic (exact) mass is 737 g/mol. The predicted molar refractivity (Wildman–Crippen MR) is 220 cm³/mol. The number of rotatable bonds is 41. The van der Waals surface area contributed by atoms with Crippen molar-refractivity contribution in [3.63, 3.8) is 0 Å². The van der Waals surface area contributed by atoms with E-state index in [0.717, 1.165) is 63.7 Å².